The lowest BCUT2D eigenvalue weighted by molar-refractivity contribution is 0.0464. The topological polar surface area (TPSA) is 48.4 Å². The van der Waals surface area contributed by atoms with Gasteiger partial charge in [0.25, 0.3) is 0 Å². The number of piperazine rings is 1. The van der Waals surface area contributed by atoms with E-state index in [4.69, 9.17) is 9.47 Å². The highest BCUT2D eigenvalue weighted by molar-refractivity contribution is 5.43. The molecule has 1 aliphatic rings. The number of β-amino-alcohol motifs (C(OH)–C–C–N with tert-alkyl or cyclic N) is 1. The van der Waals surface area contributed by atoms with Crippen molar-refractivity contribution in [3.05, 3.63) is 23.8 Å². The van der Waals surface area contributed by atoms with Crippen LogP contribution in [-0.2, 0) is 6.54 Å². The molecule has 0 aromatic heterocycles. The Morgan fingerprint density at radius 1 is 1.11 bits per heavy atom. The van der Waals surface area contributed by atoms with Crippen LogP contribution in [0.3, 0.4) is 0 Å². The fourth-order valence-electron chi connectivity index (χ4n) is 3.57. The van der Waals surface area contributed by atoms with E-state index in [1.54, 1.807) is 7.11 Å². The van der Waals surface area contributed by atoms with Gasteiger partial charge in [0, 0.05) is 39.3 Å². The van der Waals surface area contributed by atoms with Crippen molar-refractivity contribution in [1.82, 2.24) is 14.7 Å². The molecule has 6 nitrogen and oxygen atoms in total. The summed E-state index contributed by atoms with van der Waals surface area (Å²) >= 11 is 0. The van der Waals surface area contributed by atoms with Crippen molar-refractivity contribution in [3.8, 4) is 11.5 Å². The number of ether oxygens (including phenoxy) is 2. The van der Waals surface area contributed by atoms with Crippen LogP contribution in [0.2, 0.25) is 0 Å². The van der Waals surface area contributed by atoms with Gasteiger partial charge in [-0.3, -0.25) is 4.90 Å². The number of likely N-dealkylation sites (N-methyl/N-ethyl adjacent to an activating group) is 1. The van der Waals surface area contributed by atoms with E-state index in [9.17, 15) is 5.11 Å². The minimum Gasteiger partial charge on any atom is -0.493 e. The van der Waals surface area contributed by atoms with Gasteiger partial charge in [0.15, 0.2) is 11.5 Å². The van der Waals surface area contributed by atoms with Crippen molar-refractivity contribution < 1.29 is 14.6 Å². The third-order valence-electron chi connectivity index (χ3n) is 5.39. The van der Waals surface area contributed by atoms with Crippen molar-refractivity contribution in [2.45, 2.75) is 39.3 Å². The summed E-state index contributed by atoms with van der Waals surface area (Å²) in [5.74, 6) is 1.42. The molecular weight excluding hydrogens is 354 g/mol. The summed E-state index contributed by atoms with van der Waals surface area (Å²) in [6, 6.07) is 6.07. The SMILES string of the molecule is CCCCN(C)Cc1ccc(OCC(O)CN2CCN(CC)CC2)c(OC)c1. The molecule has 1 heterocycles. The third-order valence-corrected chi connectivity index (χ3v) is 5.39. The zero-order valence-electron chi connectivity index (χ0n) is 18.2. The van der Waals surface area contributed by atoms with Gasteiger partial charge in [-0.1, -0.05) is 26.3 Å². The minimum absolute atomic E-state index is 0.278. The number of methoxy groups -OCH3 is 1. The molecule has 6 heteroatoms. The predicted octanol–water partition coefficient (Wildman–Crippen LogP) is 2.30. The lowest BCUT2D eigenvalue weighted by atomic mass is 10.2. The van der Waals surface area contributed by atoms with Crippen LogP contribution < -0.4 is 9.47 Å². The molecule has 1 aromatic carbocycles. The van der Waals surface area contributed by atoms with E-state index in [0.29, 0.717) is 12.3 Å². The summed E-state index contributed by atoms with van der Waals surface area (Å²) in [5.41, 5.74) is 1.21. The van der Waals surface area contributed by atoms with Crippen molar-refractivity contribution in [1.29, 1.82) is 0 Å². The van der Waals surface area contributed by atoms with Gasteiger partial charge in [0.05, 0.1) is 7.11 Å². The predicted molar refractivity (Wildman–Crippen MR) is 114 cm³/mol. The number of aliphatic hydroxyl groups excluding tert-OH is 1. The maximum Gasteiger partial charge on any atom is 0.161 e. The highest BCUT2D eigenvalue weighted by Crippen LogP contribution is 2.28. The molecule has 160 valence electrons. The van der Waals surface area contributed by atoms with Crippen LogP contribution in [0, 0.1) is 0 Å². The van der Waals surface area contributed by atoms with Crippen LogP contribution in [0.15, 0.2) is 18.2 Å². The van der Waals surface area contributed by atoms with Gasteiger partial charge in [0.2, 0.25) is 0 Å². The van der Waals surface area contributed by atoms with E-state index in [1.807, 2.05) is 12.1 Å². The highest BCUT2D eigenvalue weighted by Gasteiger charge is 2.19. The number of hydrogen-bond acceptors (Lipinski definition) is 6. The van der Waals surface area contributed by atoms with Crippen LogP contribution in [0.1, 0.15) is 32.3 Å². The van der Waals surface area contributed by atoms with Crippen molar-refractivity contribution >= 4 is 0 Å². The maximum absolute atomic E-state index is 10.4. The molecule has 0 bridgehead atoms. The molecule has 0 amide bonds. The molecule has 0 aliphatic carbocycles. The van der Waals surface area contributed by atoms with Gasteiger partial charge in [-0.2, -0.15) is 0 Å². The Bertz CT molecular complexity index is 562. The summed E-state index contributed by atoms with van der Waals surface area (Å²) in [7, 11) is 3.81. The van der Waals surface area contributed by atoms with Gasteiger partial charge in [-0.15, -0.1) is 0 Å². The average molecular weight is 394 g/mol. The van der Waals surface area contributed by atoms with Crippen LogP contribution in [-0.4, -0.2) is 92.5 Å². The Labute approximate surface area is 171 Å². The number of unbranched alkanes of at least 4 members (excludes halogenated alkanes) is 1. The lowest BCUT2D eigenvalue weighted by Crippen LogP contribution is -2.49. The van der Waals surface area contributed by atoms with Gasteiger partial charge in [-0.25, -0.2) is 0 Å². The Morgan fingerprint density at radius 2 is 1.82 bits per heavy atom. The Morgan fingerprint density at radius 3 is 2.46 bits per heavy atom. The van der Waals surface area contributed by atoms with Gasteiger partial charge < -0.3 is 24.4 Å². The lowest BCUT2D eigenvalue weighted by Gasteiger charge is -2.34. The van der Waals surface area contributed by atoms with E-state index in [-0.39, 0.29) is 6.61 Å². The van der Waals surface area contributed by atoms with Gasteiger partial charge >= 0.3 is 0 Å². The van der Waals surface area contributed by atoms with E-state index in [1.165, 1.54) is 18.4 Å². The van der Waals surface area contributed by atoms with Crippen molar-refractivity contribution in [2.75, 3.05) is 66.6 Å². The highest BCUT2D eigenvalue weighted by atomic mass is 16.5. The number of aliphatic hydroxyl groups is 1. The van der Waals surface area contributed by atoms with Crippen LogP contribution >= 0.6 is 0 Å². The zero-order chi connectivity index (χ0) is 20.4. The molecule has 28 heavy (non-hydrogen) atoms. The molecule has 1 N–H and O–H groups in total. The number of hydrogen-bond donors (Lipinski definition) is 1. The molecule has 2 rings (SSSR count). The summed E-state index contributed by atoms with van der Waals surface area (Å²) in [6.45, 7) is 12.6. The molecule has 0 spiro atoms. The summed E-state index contributed by atoms with van der Waals surface area (Å²) in [6.07, 6.45) is 1.91. The Kier molecular flexibility index (Phi) is 10.1. The van der Waals surface area contributed by atoms with Crippen LogP contribution in [0.25, 0.3) is 0 Å². The van der Waals surface area contributed by atoms with Crippen LogP contribution in [0.5, 0.6) is 11.5 Å². The first-order valence-electron chi connectivity index (χ1n) is 10.7. The molecule has 0 radical (unpaired) electrons. The molecule has 1 unspecified atom stereocenters. The first kappa shape index (κ1) is 22.9. The molecule has 0 saturated carbocycles. The van der Waals surface area contributed by atoms with Crippen molar-refractivity contribution in [3.63, 3.8) is 0 Å². The average Bonchev–Trinajstić information content (AvgIpc) is 2.71. The maximum atomic E-state index is 10.4. The molecule has 1 fully saturated rings. The first-order valence-corrected chi connectivity index (χ1v) is 10.7. The standard InChI is InChI=1S/C22H39N3O3/c1-5-7-10-23(3)16-19-8-9-21(22(15-19)27-4)28-18-20(26)17-25-13-11-24(6-2)12-14-25/h8-9,15,20,26H,5-7,10-14,16-18H2,1-4H3. The molecule has 1 aromatic rings. The quantitative estimate of drug-likeness (QED) is 0.588. The number of nitrogens with zero attached hydrogens (tertiary/aromatic N) is 3. The summed E-state index contributed by atoms with van der Waals surface area (Å²) in [4.78, 5) is 7.07. The second-order valence-corrected chi connectivity index (χ2v) is 7.78. The molecule has 1 atom stereocenters. The summed E-state index contributed by atoms with van der Waals surface area (Å²) < 4.78 is 11.4. The second-order valence-electron chi connectivity index (χ2n) is 7.78. The van der Waals surface area contributed by atoms with Gasteiger partial charge in [0.1, 0.15) is 12.7 Å². The Balaban J connectivity index is 1.81. The van der Waals surface area contributed by atoms with E-state index in [2.05, 4.69) is 41.7 Å². The van der Waals surface area contributed by atoms with E-state index >= 15 is 0 Å². The largest absolute Gasteiger partial charge is 0.493 e. The summed E-state index contributed by atoms with van der Waals surface area (Å²) in [5, 5.41) is 10.4. The third kappa shape index (κ3) is 7.59. The zero-order valence-corrected chi connectivity index (χ0v) is 18.2. The van der Waals surface area contributed by atoms with Crippen LogP contribution in [0.4, 0.5) is 0 Å². The van der Waals surface area contributed by atoms with Crippen molar-refractivity contribution in [2.24, 2.45) is 0 Å². The van der Waals surface area contributed by atoms with Gasteiger partial charge in [-0.05, 0) is 44.3 Å². The fourth-order valence-corrected chi connectivity index (χ4v) is 3.57. The van der Waals surface area contributed by atoms with E-state index in [0.717, 1.165) is 51.6 Å². The van der Waals surface area contributed by atoms with E-state index < -0.39 is 6.10 Å². The normalized spacial score (nSPS) is 17.1. The number of benzene rings is 1. The molecule has 1 saturated heterocycles. The molecular formula is C22H39N3O3. The second kappa shape index (κ2) is 12.3. The molecule has 1 aliphatic heterocycles. The fraction of sp³-hybridized carbons (Fsp3) is 0.727. The first-order chi connectivity index (χ1) is 13.5. The number of rotatable bonds is 12. The minimum atomic E-state index is -0.502. The Hall–Kier alpha value is -1.34. The smallest absolute Gasteiger partial charge is 0.161 e. The monoisotopic (exact) mass is 393 g/mol.